The third kappa shape index (κ3) is 4.03. The minimum absolute atomic E-state index is 0. The second-order valence-corrected chi connectivity index (χ2v) is 6.35. The predicted molar refractivity (Wildman–Crippen MR) is 89.8 cm³/mol. The van der Waals surface area contributed by atoms with Gasteiger partial charge >= 0.3 is 11.9 Å². The van der Waals surface area contributed by atoms with Crippen LogP contribution in [0.4, 0.5) is 0 Å². The minimum atomic E-state index is -0.872. The number of halogens is 1. The second-order valence-electron chi connectivity index (χ2n) is 6.35. The summed E-state index contributed by atoms with van der Waals surface area (Å²) >= 11 is 0. The maximum absolute atomic E-state index is 11.9. The number of benzene rings is 1. The van der Waals surface area contributed by atoms with Crippen LogP contribution in [0, 0.1) is 5.41 Å². The largest absolute Gasteiger partial charge is 0.481 e. The van der Waals surface area contributed by atoms with Crippen molar-refractivity contribution >= 4 is 24.3 Å². The molecule has 0 aliphatic heterocycles. The highest BCUT2D eigenvalue weighted by Gasteiger charge is 2.47. The zero-order valence-electron chi connectivity index (χ0n) is 13.0. The first kappa shape index (κ1) is 19.5. The summed E-state index contributed by atoms with van der Waals surface area (Å²) in [5, 5.41) is 18.7. The molecular formula is C17H24ClNO4. The van der Waals surface area contributed by atoms with Crippen molar-refractivity contribution in [3.63, 3.8) is 0 Å². The molecule has 1 aliphatic rings. The summed E-state index contributed by atoms with van der Waals surface area (Å²) < 4.78 is 0. The van der Waals surface area contributed by atoms with Crippen molar-refractivity contribution in [3.05, 3.63) is 35.9 Å². The van der Waals surface area contributed by atoms with Crippen LogP contribution in [0.3, 0.4) is 0 Å². The van der Waals surface area contributed by atoms with Crippen LogP contribution < -0.4 is 5.73 Å². The second kappa shape index (κ2) is 7.79. The van der Waals surface area contributed by atoms with E-state index in [-0.39, 0.29) is 24.2 Å². The molecule has 23 heavy (non-hydrogen) atoms. The number of rotatable bonds is 6. The quantitative estimate of drug-likeness (QED) is 0.738. The molecule has 0 unspecified atom stereocenters. The lowest BCUT2D eigenvalue weighted by Gasteiger charge is -2.44. The van der Waals surface area contributed by atoms with Crippen LogP contribution in [-0.2, 0) is 15.0 Å². The highest BCUT2D eigenvalue weighted by Crippen LogP contribution is 2.48. The zero-order chi connectivity index (χ0) is 16.2. The van der Waals surface area contributed by atoms with Gasteiger partial charge in [0, 0.05) is 6.42 Å². The average molecular weight is 342 g/mol. The van der Waals surface area contributed by atoms with Crippen molar-refractivity contribution in [2.24, 2.45) is 11.1 Å². The van der Waals surface area contributed by atoms with Crippen LogP contribution >= 0.6 is 12.4 Å². The van der Waals surface area contributed by atoms with E-state index in [2.05, 4.69) is 0 Å². The van der Waals surface area contributed by atoms with E-state index in [0.29, 0.717) is 38.6 Å². The molecule has 0 atom stereocenters. The van der Waals surface area contributed by atoms with Gasteiger partial charge in [-0.3, -0.25) is 9.59 Å². The summed E-state index contributed by atoms with van der Waals surface area (Å²) in [5.74, 6) is -1.63. The van der Waals surface area contributed by atoms with Gasteiger partial charge in [-0.1, -0.05) is 30.3 Å². The van der Waals surface area contributed by atoms with Crippen LogP contribution in [0.25, 0.3) is 0 Å². The lowest BCUT2D eigenvalue weighted by Crippen LogP contribution is -2.45. The fourth-order valence-corrected chi connectivity index (χ4v) is 3.52. The Kier molecular flexibility index (Phi) is 6.59. The standard InChI is InChI=1S/C17H23NO4.ClH/c18-12-16(7-6-14(19)20)8-10-17(11-9-16,15(21)22)13-4-2-1-3-5-13;/h1-5H,6-12,18H2,(H,19,20)(H,21,22);1H. The zero-order valence-corrected chi connectivity index (χ0v) is 13.8. The lowest BCUT2D eigenvalue weighted by molar-refractivity contribution is -0.147. The molecular weight excluding hydrogens is 318 g/mol. The molecule has 4 N–H and O–H groups in total. The van der Waals surface area contributed by atoms with Crippen LogP contribution in [0.2, 0.25) is 0 Å². The van der Waals surface area contributed by atoms with E-state index in [9.17, 15) is 14.7 Å². The Morgan fingerprint density at radius 1 is 1.04 bits per heavy atom. The Labute approximate surface area is 142 Å². The third-order valence-electron chi connectivity index (χ3n) is 5.20. The monoisotopic (exact) mass is 341 g/mol. The number of carboxylic acid groups (broad SMARTS) is 2. The summed E-state index contributed by atoms with van der Waals surface area (Å²) in [6.45, 7) is 0.408. The topological polar surface area (TPSA) is 101 Å². The van der Waals surface area contributed by atoms with Gasteiger partial charge in [-0.2, -0.15) is 0 Å². The molecule has 1 saturated carbocycles. The molecule has 0 radical (unpaired) electrons. The Morgan fingerprint density at radius 2 is 1.61 bits per heavy atom. The molecule has 128 valence electrons. The Bertz CT molecular complexity index is 539. The maximum Gasteiger partial charge on any atom is 0.314 e. The maximum atomic E-state index is 11.9. The molecule has 0 heterocycles. The van der Waals surface area contributed by atoms with Gasteiger partial charge in [0.05, 0.1) is 5.41 Å². The average Bonchev–Trinajstić information content (AvgIpc) is 2.54. The lowest BCUT2D eigenvalue weighted by atomic mass is 9.60. The number of hydrogen-bond acceptors (Lipinski definition) is 3. The van der Waals surface area contributed by atoms with E-state index < -0.39 is 17.4 Å². The molecule has 0 amide bonds. The van der Waals surface area contributed by atoms with Crippen molar-refractivity contribution in [3.8, 4) is 0 Å². The van der Waals surface area contributed by atoms with Crippen LogP contribution in [0.5, 0.6) is 0 Å². The fourth-order valence-electron chi connectivity index (χ4n) is 3.52. The van der Waals surface area contributed by atoms with Gasteiger partial charge in [0.1, 0.15) is 0 Å². The molecule has 1 fully saturated rings. The first-order chi connectivity index (χ1) is 10.4. The van der Waals surface area contributed by atoms with E-state index in [4.69, 9.17) is 10.8 Å². The van der Waals surface area contributed by atoms with Crippen molar-refractivity contribution in [1.29, 1.82) is 0 Å². The van der Waals surface area contributed by atoms with Crippen LogP contribution in [-0.4, -0.2) is 28.7 Å². The molecule has 0 aromatic heterocycles. The summed E-state index contributed by atoms with van der Waals surface area (Å²) in [4.78, 5) is 22.7. The van der Waals surface area contributed by atoms with Crippen LogP contribution in [0.15, 0.2) is 30.3 Å². The van der Waals surface area contributed by atoms with E-state index >= 15 is 0 Å². The van der Waals surface area contributed by atoms with Gasteiger partial charge in [0.2, 0.25) is 0 Å². The van der Waals surface area contributed by atoms with E-state index in [1.54, 1.807) is 0 Å². The summed E-state index contributed by atoms with van der Waals surface area (Å²) in [7, 11) is 0. The normalized spacial score (nSPS) is 27.0. The van der Waals surface area contributed by atoms with Crippen LogP contribution in [0.1, 0.15) is 44.1 Å². The molecule has 0 spiro atoms. The number of carboxylic acids is 2. The molecule has 0 bridgehead atoms. The van der Waals surface area contributed by atoms with Gasteiger partial charge in [-0.05, 0) is 49.6 Å². The molecule has 1 aliphatic carbocycles. The first-order valence-corrected chi connectivity index (χ1v) is 7.65. The van der Waals surface area contributed by atoms with E-state index in [0.717, 1.165) is 5.56 Å². The number of aliphatic carboxylic acids is 2. The molecule has 5 nitrogen and oxygen atoms in total. The Balaban J connectivity index is 0.00000264. The van der Waals surface area contributed by atoms with Gasteiger partial charge < -0.3 is 15.9 Å². The molecule has 1 aromatic rings. The van der Waals surface area contributed by atoms with Gasteiger partial charge in [0.15, 0.2) is 0 Å². The van der Waals surface area contributed by atoms with Crippen molar-refractivity contribution in [2.45, 2.75) is 43.9 Å². The highest BCUT2D eigenvalue weighted by atomic mass is 35.5. The van der Waals surface area contributed by atoms with Crippen molar-refractivity contribution in [2.75, 3.05) is 6.54 Å². The molecule has 0 saturated heterocycles. The van der Waals surface area contributed by atoms with E-state index in [1.807, 2.05) is 30.3 Å². The van der Waals surface area contributed by atoms with Gasteiger partial charge in [-0.15, -0.1) is 12.4 Å². The number of nitrogens with two attached hydrogens (primary N) is 1. The van der Waals surface area contributed by atoms with Gasteiger partial charge in [0.25, 0.3) is 0 Å². The Hall–Kier alpha value is -1.59. The van der Waals surface area contributed by atoms with Crippen molar-refractivity contribution < 1.29 is 19.8 Å². The fraction of sp³-hybridized carbons (Fsp3) is 0.529. The van der Waals surface area contributed by atoms with Crippen molar-refractivity contribution in [1.82, 2.24) is 0 Å². The summed E-state index contributed by atoms with van der Waals surface area (Å²) in [5.41, 5.74) is 5.60. The summed E-state index contributed by atoms with van der Waals surface area (Å²) in [6.07, 6.45) is 2.91. The predicted octanol–water partition coefficient (Wildman–Crippen LogP) is 2.81. The number of carbonyl (C=O) groups is 2. The third-order valence-corrected chi connectivity index (χ3v) is 5.20. The molecule has 6 heteroatoms. The van der Waals surface area contributed by atoms with Gasteiger partial charge in [-0.25, -0.2) is 0 Å². The Morgan fingerprint density at radius 3 is 2.04 bits per heavy atom. The SMILES string of the molecule is Cl.NCC1(CCC(=O)O)CCC(C(=O)O)(c2ccccc2)CC1. The number of hydrogen-bond donors (Lipinski definition) is 3. The minimum Gasteiger partial charge on any atom is -0.481 e. The van der Waals surface area contributed by atoms with E-state index in [1.165, 1.54) is 0 Å². The first-order valence-electron chi connectivity index (χ1n) is 7.65. The molecule has 1 aromatic carbocycles. The smallest absolute Gasteiger partial charge is 0.314 e. The molecule has 2 rings (SSSR count). The summed E-state index contributed by atoms with van der Waals surface area (Å²) in [6, 6.07) is 9.31. The highest BCUT2D eigenvalue weighted by molar-refractivity contribution is 5.85.